The van der Waals surface area contributed by atoms with E-state index in [1.54, 1.807) is 0 Å². The van der Waals surface area contributed by atoms with Gasteiger partial charge in [0.15, 0.2) is 0 Å². The van der Waals surface area contributed by atoms with Gasteiger partial charge in [-0.25, -0.2) is 8.42 Å². The molecule has 1 atom stereocenters. The number of aliphatic carboxylic acids is 1. The number of hydrogen-bond acceptors (Lipinski definition) is 6. The maximum absolute atomic E-state index is 12.4. The van der Waals surface area contributed by atoms with Gasteiger partial charge in [0, 0.05) is 6.07 Å². The van der Waals surface area contributed by atoms with E-state index in [1.807, 2.05) is 0 Å². The number of carboxylic acids is 1. The summed E-state index contributed by atoms with van der Waals surface area (Å²) >= 11 is 0. The van der Waals surface area contributed by atoms with Crippen molar-refractivity contribution < 1.29 is 40.6 Å². The number of nitro groups is 1. The van der Waals surface area contributed by atoms with E-state index in [2.05, 4.69) is 0 Å². The molecule has 0 aliphatic heterocycles. The standard InChI is InChI=1S/C9H6F3NO7S2/c10-9(11,12)22(19,20)5-1-2-7(6(3-5)13(16)17)21(18)4-8(14)15/h1-3H,4H2,(H,14,15)/t21-/m1/s1. The van der Waals surface area contributed by atoms with Crippen molar-refractivity contribution in [2.24, 2.45) is 0 Å². The molecule has 0 bridgehead atoms. The van der Waals surface area contributed by atoms with Crippen LogP contribution < -0.4 is 0 Å². The molecule has 0 aromatic heterocycles. The Balaban J connectivity index is 3.49. The van der Waals surface area contributed by atoms with Crippen molar-refractivity contribution in [1.29, 1.82) is 0 Å². The Kier molecular flexibility index (Phi) is 4.92. The molecule has 0 saturated carbocycles. The first-order valence-corrected chi connectivity index (χ1v) is 7.88. The van der Waals surface area contributed by atoms with Gasteiger partial charge in [-0.3, -0.25) is 19.1 Å². The van der Waals surface area contributed by atoms with Crippen LogP contribution in [0.25, 0.3) is 0 Å². The summed E-state index contributed by atoms with van der Waals surface area (Å²) in [5.41, 5.74) is -6.84. The molecule has 0 saturated heterocycles. The van der Waals surface area contributed by atoms with Crippen LogP contribution in [0.5, 0.6) is 0 Å². The molecule has 0 amide bonds. The topological polar surface area (TPSA) is 132 Å². The third-order valence-electron chi connectivity index (χ3n) is 2.24. The number of nitro benzene ring substituents is 1. The molecular formula is C9H6F3NO7S2. The molecule has 1 rings (SSSR count). The molecular weight excluding hydrogens is 355 g/mol. The van der Waals surface area contributed by atoms with Crippen LogP contribution in [0.3, 0.4) is 0 Å². The monoisotopic (exact) mass is 361 g/mol. The second kappa shape index (κ2) is 6.00. The molecule has 0 spiro atoms. The minimum Gasteiger partial charge on any atom is -0.481 e. The maximum Gasteiger partial charge on any atom is 0.501 e. The minimum absolute atomic E-state index is 0.0951. The summed E-state index contributed by atoms with van der Waals surface area (Å²) in [5.74, 6) is -2.58. The van der Waals surface area contributed by atoms with Gasteiger partial charge in [-0.2, -0.15) is 13.2 Å². The summed E-state index contributed by atoms with van der Waals surface area (Å²) < 4.78 is 71.1. The molecule has 1 aromatic rings. The van der Waals surface area contributed by atoms with Gasteiger partial charge in [-0.1, -0.05) is 0 Å². The van der Waals surface area contributed by atoms with Crippen molar-refractivity contribution in [3.05, 3.63) is 28.3 Å². The Morgan fingerprint density at radius 3 is 2.32 bits per heavy atom. The maximum atomic E-state index is 12.4. The predicted molar refractivity (Wildman–Crippen MR) is 65.2 cm³/mol. The number of hydrogen-bond donors (Lipinski definition) is 1. The fourth-order valence-corrected chi connectivity index (χ4v) is 3.07. The lowest BCUT2D eigenvalue weighted by atomic mass is 10.3. The van der Waals surface area contributed by atoms with E-state index in [-0.39, 0.29) is 6.07 Å². The number of benzene rings is 1. The van der Waals surface area contributed by atoms with Crippen LogP contribution in [0.15, 0.2) is 28.0 Å². The van der Waals surface area contributed by atoms with Crippen molar-refractivity contribution in [3.63, 3.8) is 0 Å². The van der Waals surface area contributed by atoms with Crippen LogP contribution in [0, 0.1) is 10.1 Å². The third kappa shape index (κ3) is 3.59. The number of carboxylic acid groups (broad SMARTS) is 1. The first kappa shape index (κ1) is 18.0. The zero-order chi connectivity index (χ0) is 17.3. The first-order valence-electron chi connectivity index (χ1n) is 5.08. The van der Waals surface area contributed by atoms with Crippen molar-refractivity contribution >= 4 is 32.3 Å². The van der Waals surface area contributed by atoms with Gasteiger partial charge >= 0.3 is 11.5 Å². The van der Waals surface area contributed by atoms with E-state index in [0.717, 1.165) is 0 Å². The van der Waals surface area contributed by atoms with Crippen molar-refractivity contribution in [1.82, 2.24) is 0 Å². The van der Waals surface area contributed by atoms with Gasteiger partial charge in [-0.05, 0) is 12.1 Å². The van der Waals surface area contributed by atoms with Crippen LogP contribution in [0.2, 0.25) is 0 Å². The van der Waals surface area contributed by atoms with E-state index in [1.165, 1.54) is 0 Å². The quantitative estimate of drug-likeness (QED) is 0.613. The van der Waals surface area contributed by atoms with Crippen LogP contribution in [0.4, 0.5) is 18.9 Å². The number of rotatable bonds is 5. The average Bonchev–Trinajstić information content (AvgIpc) is 2.35. The summed E-state index contributed by atoms with van der Waals surface area (Å²) in [7, 11) is -8.24. The van der Waals surface area contributed by atoms with E-state index in [4.69, 9.17) is 5.11 Å². The number of nitrogens with zero attached hydrogens (tertiary/aromatic N) is 1. The summed E-state index contributed by atoms with van der Waals surface area (Å²) in [6.45, 7) is 0. The normalized spacial score (nSPS) is 13.6. The summed E-state index contributed by atoms with van der Waals surface area (Å²) in [4.78, 5) is 17.9. The van der Waals surface area contributed by atoms with Gasteiger partial charge in [0.05, 0.1) is 20.6 Å². The van der Waals surface area contributed by atoms with E-state index in [0.29, 0.717) is 12.1 Å². The molecule has 1 aromatic carbocycles. The Morgan fingerprint density at radius 1 is 1.36 bits per heavy atom. The molecule has 22 heavy (non-hydrogen) atoms. The molecule has 0 unspecified atom stereocenters. The Morgan fingerprint density at radius 2 is 1.91 bits per heavy atom. The third-order valence-corrected chi connectivity index (χ3v) is 5.07. The molecule has 122 valence electrons. The molecule has 13 heteroatoms. The van der Waals surface area contributed by atoms with Crippen molar-refractivity contribution in [2.45, 2.75) is 15.3 Å². The highest BCUT2D eigenvalue weighted by atomic mass is 32.2. The number of carbonyl (C=O) groups is 1. The van der Waals surface area contributed by atoms with Crippen molar-refractivity contribution in [3.8, 4) is 0 Å². The molecule has 0 aliphatic carbocycles. The van der Waals surface area contributed by atoms with Crippen LogP contribution in [0.1, 0.15) is 0 Å². The van der Waals surface area contributed by atoms with Gasteiger partial charge in [0.1, 0.15) is 10.6 Å². The fourth-order valence-electron chi connectivity index (χ4n) is 1.32. The summed E-state index contributed by atoms with van der Waals surface area (Å²) in [5, 5.41) is 19.2. The molecule has 8 nitrogen and oxygen atoms in total. The van der Waals surface area contributed by atoms with Gasteiger partial charge in [-0.15, -0.1) is 0 Å². The Bertz CT molecular complexity index is 757. The average molecular weight is 361 g/mol. The molecule has 1 N–H and O–H groups in total. The lowest BCUT2D eigenvalue weighted by molar-refractivity contribution is -0.388. The van der Waals surface area contributed by atoms with E-state index in [9.17, 15) is 40.7 Å². The molecule has 0 radical (unpaired) electrons. The number of sulfone groups is 1. The first-order chi connectivity index (χ1) is 9.87. The highest BCUT2D eigenvalue weighted by Crippen LogP contribution is 2.33. The van der Waals surface area contributed by atoms with Crippen LogP contribution in [-0.2, 0) is 25.4 Å². The van der Waals surface area contributed by atoms with Crippen molar-refractivity contribution in [2.75, 3.05) is 5.75 Å². The Hall–Kier alpha value is -2.02. The van der Waals surface area contributed by atoms with Crippen LogP contribution >= 0.6 is 0 Å². The summed E-state index contributed by atoms with van der Waals surface area (Å²) in [6, 6.07) is 0.999. The zero-order valence-corrected chi connectivity index (χ0v) is 11.9. The molecule has 0 heterocycles. The predicted octanol–water partition coefficient (Wildman–Crippen LogP) is 1.08. The zero-order valence-electron chi connectivity index (χ0n) is 10.2. The van der Waals surface area contributed by atoms with E-state index >= 15 is 0 Å². The highest BCUT2D eigenvalue weighted by Gasteiger charge is 2.47. The molecule has 0 fully saturated rings. The molecule has 0 aliphatic rings. The largest absolute Gasteiger partial charge is 0.501 e. The lowest BCUT2D eigenvalue weighted by Gasteiger charge is -2.09. The van der Waals surface area contributed by atoms with Crippen LogP contribution in [-0.4, -0.2) is 39.9 Å². The lowest BCUT2D eigenvalue weighted by Crippen LogP contribution is -2.23. The van der Waals surface area contributed by atoms with Gasteiger partial charge in [0.25, 0.3) is 15.5 Å². The second-order valence-electron chi connectivity index (χ2n) is 3.72. The smallest absolute Gasteiger partial charge is 0.481 e. The second-order valence-corrected chi connectivity index (χ2v) is 7.08. The van der Waals surface area contributed by atoms with Gasteiger partial charge < -0.3 is 5.11 Å². The van der Waals surface area contributed by atoms with E-state index < -0.39 is 58.3 Å². The number of halogens is 3. The van der Waals surface area contributed by atoms with Gasteiger partial charge in [0.2, 0.25) is 0 Å². The Labute approximate surface area is 123 Å². The highest BCUT2D eigenvalue weighted by molar-refractivity contribution is 7.92. The fraction of sp³-hybridized carbons (Fsp3) is 0.222. The SMILES string of the molecule is O=C(O)C[S@@](=O)c1ccc(S(=O)(=O)C(F)(F)F)cc1[N+](=O)[O-]. The minimum atomic E-state index is -5.82. The number of alkyl halides is 3. The summed E-state index contributed by atoms with van der Waals surface area (Å²) in [6.07, 6.45) is 0.